The van der Waals surface area contributed by atoms with Crippen LogP contribution in [-0.4, -0.2) is 43.5 Å². The van der Waals surface area contributed by atoms with Gasteiger partial charge in [-0.3, -0.25) is 14.4 Å². The third-order valence-corrected chi connectivity index (χ3v) is 8.92. The standard InChI is InChI=1S/C28H30N4O3S2/c33-17-30-26(14-20-16-37-25-8-4-2-6-22(20)25)32-28(35)23(31-27(34)18-9-11-29-12-10-18)13-19-15-36-24-7-3-1-5-21(19)24/h1-8,15-18,23,26,29H,9-14H2,(H,30,33)(H,31,34)(H,32,35)/t23-,26+/m1/s1. The van der Waals surface area contributed by atoms with E-state index in [1.54, 1.807) is 22.7 Å². The number of carbonyl (C=O) groups is 3. The van der Waals surface area contributed by atoms with Gasteiger partial charge < -0.3 is 21.3 Å². The summed E-state index contributed by atoms with van der Waals surface area (Å²) in [7, 11) is 0. The second-order valence-corrected chi connectivity index (χ2v) is 11.2. The number of thiophene rings is 2. The van der Waals surface area contributed by atoms with E-state index in [0.717, 1.165) is 57.2 Å². The van der Waals surface area contributed by atoms with Crippen LogP contribution in [0, 0.1) is 5.92 Å². The van der Waals surface area contributed by atoms with Crippen LogP contribution < -0.4 is 21.3 Å². The summed E-state index contributed by atoms with van der Waals surface area (Å²) in [4.78, 5) is 38.2. The maximum Gasteiger partial charge on any atom is 0.244 e. The summed E-state index contributed by atoms with van der Waals surface area (Å²) in [6, 6.07) is 15.4. The molecule has 0 radical (unpaired) electrons. The van der Waals surface area contributed by atoms with Gasteiger partial charge in [-0.1, -0.05) is 36.4 Å². The van der Waals surface area contributed by atoms with Gasteiger partial charge in [0, 0.05) is 28.2 Å². The molecule has 2 aromatic heterocycles. The number of amides is 3. The molecule has 1 aliphatic rings. The minimum Gasteiger partial charge on any atom is -0.344 e. The predicted octanol–water partition coefficient (Wildman–Crippen LogP) is 3.57. The van der Waals surface area contributed by atoms with E-state index in [0.29, 0.717) is 19.3 Å². The van der Waals surface area contributed by atoms with Gasteiger partial charge in [-0.25, -0.2) is 0 Å². The van der Waals surface area contributed by atoms with Gasteiger partial charge in [-0.05, 0) is 70.7 Å². The van der Waals surface area contributed by atoms with Crippen LogP contribution in [0.5, 0.6) is 0 Å². The smallest absolute Gasteiger partial charge is 0.244 e. The highest BCUT2D eigenvalue weighted by molar-refractivity contribution is 7.17. The zero-order valence-corrected chi connectivity index (χ0v) is 22.0. The Bertz CT molecular complexity index is 1390. The van der Waals surface area contributed by atoms with Crippen molar-refractivity contribution in [1.29, 1.82) is 0 Å². The first-order valence-electron chi connectivity index (χ1n) is 12.5. The van der Waals surface area contributed by atoms with Gasteiger partial charge in [-0.15, -0.1) is 22.7 Å². The van der Waals surface area contributed by atoms with Crippen LogP contribution in [-0.2, 0) is 27.2 Å². The van der Waals surface area contributed by atoms with Gasteiger partial charge in [0.1, 0.15) is 12.2 Å². The van der Waals surface area contributed by atoms with Crippen LogP contribution in [0.2, 0.25) is 0 Å². The van der Waals surface area contributed by atoms with E-state index < -0.39 is 12.2 Å². The Labute approximate surface area is 223 Å². The first-order chi connectivity index (χ1) is 18.1. The van der Waals surface area contributed by atoms with Crippen molar-refractivity contribution in [1.82, 2.24) is 21.3 Å². The minimum atomic E-state index is -0.754. The molecule has 3 heterocycles. The van der Waals surface area contributed by atoms with Crippen LogP contribution in [0.3, 0.4) is 0 Å². The molecule has 37 heavy (non-hydrogen) atoms. The summed E-state index contributed by atoms with van der Waals surface area (Å²) in [5.41, 5.74) is 2.08. The molecule has 2 atom stereocenters. The number of piperidine rings is 1. The SMILES string of the molecule is O=CN[C@H](Cc1csc2ccccc12)NC(=O)[C@@H](Cc1csc2ccccc12)NC(=O)C1CCNCC1. The van der Waals surface area contributed by atoms with Crippen molar-refractivity contribution in [2.24, 2.45) is 5.92 Å². The van der Waals surface area contributed by atoms with Crippen molar-refractivity contribution >= 4 is 61.1 Å². The summed E-state index contributed by atoms with van der Waals surface area (Å²) in [5, 5.41) is 18.4. The molecule has 9 heteroatoms. The topological polar surface area (TPSA) is 99.3 Å². The number of carbonyl (C=O) groups excluding carboxylic acids is 3. The van der Waals surface area contributed by atoms with Gasteiger partial charge in [0.2, 0.25) is 18.2 Å². The van der Waals surface area contributed by atoms with Gasteiger partial charge >= 0.3 is 0 Å². The highest BCUT2D eigenvalue weighted by atomic mass is 32.1. The molecule has 0 unspecified atom stereocenters. The minimum absolute atomic E-state index is 0.0927. The average molecular weight is 535 g/mol. The predicted molar refractivity (Wildman–Crippen MR) is 150 cm³/mol. The van der Waals surface area contributed by atoms with Gasteiger partial charge in [0.15, 0.2) is 0 Å². The summed E-state index contributed by atoms with van der Waals surface area (Å²) in [6.45, 7) is 1.59. The van der Waals surface area contributed by atoms with Crippen LogP contribution in [0.1, 0.15) is 24.0 Å². The Morgan fingerprint density at radius 2 is 1.49 bits per heavy atom. The zero-order chi connectivity index (χ0) is 25.6. The Balaban J connectivity index is 1.35. The lowest BCUT2D eigenvalue weighted by Crippen LogP contribution is -2.55. The molecule has 0 saturated carbocycles. The third kappa shape index (κ3) is 6.01. The van der Waals surface area contributed by atoms with E-state index in [1.165, 1.54) is 0 Å². The van der Waals surface area contributed by atoms with E-state index in [1.807, 2.05) is 36.4 Å². The Hall–Kier alpha value is -3.27. The van der Waals surface area contributed by atoms with E-state index in [4.69, 9.17) is 0 Å². The molecule has 5 rings (SSSR count). The molecule has 192 valence electrons. The second kappa shape index (κ2) is 11.9. The van der Waals surface area contributed by atoms with E-state index in [-0.39, 0.29) is 17.7 Å². The second-order valence-electron chi connectivity index (χ2n) is 9.35. The molecule has 2 aromatic carbocycles. The van der Waals surface area contributed by atoms with E-state index in [9.17, 15) is 14.4 Å². The lowest BCUT2D eigenvalue weighted by atomic mass is 9.96. The molecule has 0 spiro atoms. The number of nitrogens with one attached hydrogen (secondary N) is 4. The molecule has 0 aliphatic carbocycles. The number of fused-ring (bicyclic) bond motifs is 2. The third-order valence-electron chi connectivity index (χ3n) is 6.90. The van der Waals surface area contributed by atoms with Gasteiger partial charge in [0.25, 0.3) is 0 Å². The lowest BCUT2D eigenvalue weighted by molar-refractivity contribution is -0.132. The maximum absolute atomic E-state index is 13.6. The largest absolute Gasteiger partial charge is 0.344 e. The van der Waals surface area contributed by atoms with Crippen LogP contribution >= 0.6 is 22.7 Å². The summed E-state index contributed by atoms with van der Waals surface area (Å²) in [5.74, 6) is -0.516. The van der Waals surface area contributed by atoms with Crippen LogP contribution in [0.4, 0.5) is 0 Å². The van der Waals surface area contributed by atoms with E-state index >= 15 is 0 Å². The lowest BCUT2D eigenvalue weighted by Gasteiger charge is -2.26. The van der Waals surface area contributed by atoms with Gasteiger partial charge in [0.05, 0.1) is 0 Å². The highest BCUT2D eigenvalue weighted by Crippen LogP contribution is 2.28. The molecule has 3 amide bonds. The monoisotopic (exact) mass is 534 g/mol. The highest BCUT2D eigenvalue weighted by Gasteiger charge is 2.29. The molecule has 4 N–H and O–H groups in total. The van der Waals surface area contributed by atoms with E-state index in [2.05, 4.69) is 44.2 Å². The van der Waals surface area contributed by atoms with Crippen molar-refractivity contribution < 1.29 is 14.4 Å². The molecule has 7 nitrogen and oxygen atoms in total. The Morgan fingerprint density at radius 3 is 2.11 bits per heavy atom. The first kappa shape index (κ1) is 25.4. The number of benzene rings is 2. The molecule has 4 aromatic rings. The number of rotatable bonds is 10. The Morgan fingerprint density at radius 1 is 0.892 bits per heavy atom. The number of hydrogen-bond donors (Lipinski definition) is 4. The fourth-order valence-electron chi connectivity index (χ4n) is 4.91. The maximum atomic E-state index is 13.6. The fourth-order valence-corrected chi connectivity index (χ4v) is 6.86. The van der Waals surface area contributed by atoms with Crippen LogP contribution in [0.25, 0.3) is 20.2 Å². The molecule has 1 fully saturated rings. The fraction of sp³-hybridized carbons (Fsp3) is 0.321. The van der Waals surface area contributed by atoms with Crippen molar-refractivity contribution in [2.75, 3.05) is 13.1 Å². The molecule has 0 bridgehead atoms. The normalized spacial score (nSPS) is 15.8. The summed E-state index contributed by atoms with van der Waals surface area (Å²) < 4.78 is 2.30. The molecule has 1 aliphatic heterocycles. The quantitative estimate of drug-likeness (QED) is 0.185. The average Bonchev–Trinajstić information content (AvgIpc) is 3.53. The molecular weight excluding hydrogens is 504 g/mol. The van der Waals surface area contributed by atoms with Crippen LogP contribution in [0.15, 0.2) is 59.3 Å². The molecule has 1 saturated heterocycles. The summed E-state index contributed by atoms with van der Waals surface area (Å²) >= 11 is 3.27. The number of hydrogen-bond acceptors (Lipinski definition) is 6. The van der Waals surface area contributed by atoms with Gasteiger partial charge in [-0.2, -0.15) is 0 Å². The van der Waals surface area contributed by atoms with Crippen molar-refractivity contribution in [3.8, 4) is 0 Å². The summed E-state index contributed by atoms with van der Waals surface area (Å²) in [6.07, 6.45) is 2.34. The Kier molecular flexibility index (Phi) is 8.13. The van der Waals surface area contributed by atoms with Crippen molar-refractivity contribution in [2.45, 2.75) is 37.9 Å². The zero-order valence-electron chi connectivity index (χ0n) is 20.4. The first-order valence-corrected chi connectivity index (χ1v) is 14.3. The molecular formula is C28H30N4O3S2. The van der Waals surface area contributed by atoms with Crippen molar-refractivity contribution in [3.05, 3.63) is 70.4 Å². The van der Waals surface area contributed by atoms with Crippen molar-refractivity contribution in [3.63, 3.8) is 0 Å².